The molecule has 0 aliphatic carbocycles. The Labute approximate surface area is 157 Å². The van der Waals surface area contributed by atoms with Crippen molar-refractivity contribution in [2.45, 2.75) is 65.2 Å². The molecule has 5 heteroatoms. The average Bonchev–Trinajstić information content (AvgIpc) is 2.95. The maximum absolute atomic E-state index is 12.7. The van der Waals surface area contributed by atoms with E-state index in [1.807, 2.05) is 53.7 Å². The van der Waals surface area contributed by atoms with Crippen molar-refractivity contribution in [3.05, 3.63) is 28.8 Å². The van der Waals surface area contributed by atoms with E-state index in [2.05, 4.69) is 10.3 Å². The zero-order valence-corrected chi connectivity index (χ0v) is 17.0. The number of nitrogens with one attached hydrogen (secondary N) is 1. The second-order valence-electron chi connectivity index (χ2n) is 8.63. The van der Waals surface area contributed by atoms with Gasteiger partial charge in [-0.25, -0.2) is 0 Å². The third kappa shape index (κ3) is 5.21. The number of nitrogens with zero attached hydrogens (tertiary/aromatic N) is 1. The molecule has 0 bridgehead atoms. The molecular weight excluding hydrogens is 336 g/mol. The number of halogens is 1. The van der Waals surface area contributed by atoms with Gasteiger partial charge in [0.15, 0.2) is 5.78 Å². The number of aliphatic imine (C=N–C) groups is 1. The normalized spacial score (nSPS) is 14.7. The van der Waals surface area contributed by atoms with Gasteiger partial charge in [0.2, 0.25) is 0 Å². The monoisotopic (exact) mass is 366 g/mol. The molecule has 0 radical (unpaired) electrons. The Balaban J connectivity index is 0.00000312. The lowest BCUT2D eigenvalue weighted by molar-refractivity contribution is 0.0996. The summed E-state index contributed by atoms with van der Waals surface area (Å²) in [6.45, 7) is 13.4. The molecular formula is C20H31ClN2O2. The Morgan fingerprint density at radius 3 is 2.04 bits per heavy atom. The zero-order valence-electron chi connectivity index (χ0n) is 16.2. The number of phenols is 1. The van der Waals surface area contributed by atoms with Crippen molar-refractivity contribution < 1.29 is 9.90 Å². The summed E-state index contributed by atoms with van der Waals surface area (Å²) in [7, 11) is 0. The highest BCUT2D eigenvalue weighted by atomic mass is 35.5. The Bertz CT molecular complexity index is 632. The molecule has 0 saturated heterocycles. The van der Waals surface area contributed by atoms with Gasteiger partial charge in [-0.15, -0.1) is 12.4 Å². The number of hydrogen-bond acceptors (Lipinski definition) is 4. The molecule has 25 heavy (non-hydrogen) atoms. The van der Waals surface area contributed by atoms with Crippen LogP contribution in [-0.4, -0.2) is 29.8 Å². The van der Waals surface area contributed by atoms with Crippen LogP contribution in [0.4, 0.5) is 0 Å². The average molecular weight is 367 g/mol. The molecule has 1 aliphatic rings. The van der Waals surface area contributed by atoms with Crippen LogP contribution in [0.1, 0.15) is 75.9 Å². The largest absolute Gasteiger partial charge is 0.507 e. The summed E-state index contributed by atoms with van der Waals surface area (Å²) in [6, 6.07) is 3.68. The molecule has 0 spiro atoms. The first kappa shape index (κ1) is 21.5. The van der Waals surface area contributed by atoms with Gasteiger partial charge in [0.25, 0.3) is 0 Å². The van der Waals surface area contributed by atoms with Gasteiger partial charge >= 0.3 is 0 Å². The molecule has 1 aliphatic heterocycles. The third-order valence-corrected chi connectivity index (χ3v) is 4.38. The predicted octanol–water partition coefficient (Wildman–Crippen LogP) is 4.37. The second-order valence-corrected chi connectivity index (χ2v) is 8.63. The highest BCUT2D eigenvalue weighted by Crippen LogP contribution is 2.39. The van der Waals surface area contributed by atoms with Gasteiger partial charge in [0, 0.05) is 29.7 Å². The third-order valence-electron chi connectivity index (χ3n) is 4.38. The topological polar surface area (TPSA) is 61.7 Å². The maximum atomic E-state index is 12.7. The van der Waals surface area contributed by atoms with Crippen molar-refractivity contribution in [2.75, 3.05) is 13.1 Å². The minimum absolute atomic E-state index is 0. The van der Waals surface area contributed by atoms with E-state index in [-0.39, 0.29) is 35.6 Å². The van der Waals surface area contributed by atoms with Crippen molar-refractivity contribution in [3.63, 3.8) is 0 Å². The number of aromatic hydroxyl groups is 1. The second kappa shape index (κ2) is 7.77. The first-order valence-electron chi connectivity index (χ1n) is 8.68. The number of benzene rings is 1. The fourth-order valence-corrected chi connectivity index (χ4v) is 2.91. The van der Waals surface area contributed by atoms with E-state index < -0.39 is 0 Å². The lowest BCUT2D eigenvalue weighted by Gasteiger charge is -2.28. The minimum Gasteiger partial charge on any atom is -0.507 e. The van der Waals surface area contributed by atoms with Gasteiger partial charge in [-0.3, -0.25) is 9.79 Å². The fraction of sp³-hybridized carbons (Fsp3) is 0.600. The van der Waals surface area contributed by atoms with Crippen LogP contribution in [0.2, 0.25) is 0 Å². The number of Topliss-reactive ketones (excluding diaryl/α,β-unsaturated/α-hetero) is 1. The molecule has 0 saturated carbocycles. The van der Waals surface area contributed by atoms with Crippen LogP contribution < -0.4 is 5.32 Å². The first-order chi connectivity index (χ1) is 11.0. The number of phenolic OH excluding ortho intramolecular Hbond substituents is 1. The molecule has 0 fully saturated rings. The molecule has 0 amide bonds. The molecule has 1 aromatic rings. The van der Waals surface area contributed by atoms with Crippen LogP contribution in [0, 0.1) is 0 Å². The molecule has 1 heterocycles. The molecule has 0 atom stereocenters. The highest BCUT2D eigenvalue weighted by molar-refractivity contribution is 6.00. The van der Waals surface area contributed by atoms with Crippen LogP contribution in [0.3, 0.4) is 0 Å². The van der Waals surface area contributed by atoms with E-state index in [9.17, 15) is 9.90 Å². The molecule has 2 rings (SSSR count). The number of carbonyl (C=O) groups excluding carboxylic acids is 1. The van der Waals surface area contributed by atoms with Gasteiger partial charge < -0.3 is 10.4 Å². The maximum Gasteiger partial charge on any atom is 0.181 e. The molecule has 140 valence electrons. The van der Waals surface area contributed by atoms with E-state index in [0.717, 1.165) is 36.3 Å². The minimum atomic E-state index is -0.233. The quantitative estimate of drug-likeness (QED) is 0.780. The van der Waals surface area contributed by atoms with Crippen LogP contribution in [0.25, 0.3) is 0 Å². The number of hydrogen-bond donors (Lipinski definition) is 2. The SMILES string of the molecule is CC(C)(C)c1cc(C(=O)CNC2=NCCC2)cc(C(C)(C)C)c1O.Cl. The lowest BCUT2D eigenvalue weighted by Crippen LogP contribution is -2.29. The van der Waals surface area contributed by atoms with Gasteiger partial charge in [0.05, 0.1) is 12.4 Å². The number of rotatable bonds is 3. The Morgan fingerprint density at radius 1 is 1.12 bits per heavy atom. The summed E-state index contributed by atoms with van der Waals surface area (Å²) >= 11 is 0. The molecule has 0 unspecified atom stereocenters. The summed E-state index contributed by atoms with van der Waals surface area (Å²) in [6.07, 6.45) is 1.97. The van der Waals surface area contributed by atoms with Crippen molar-refractivity contribution in [2.24, 2.45) is 4.99 Å². The Kier molecular flexibility index (Phi) is 6.68. The smallest absolute Gasteiger partial charge is 0.181 e. The highest BCUT2D eigenvalue weighted by Gasteiger charge is 2.27. The van der Waals surface area contributed by atoms with E-state index in [1.54, 1.807) is 0 Å². The van der Waals surface area contributed by atoms with E-state index >= 15 is 0 Å². The van der Waals surface area contributed by atoms with Crippen molar-refractivity contribution >= 4 is 24.0 Å². The number of ketones is 1. The van der Waals surface area contributed by atoms with E-state index in [0.29, 0.717) is 11.3 Å². The summed E-state index contributed by atoms with van der Waals surface area (Å²) in [5.74, 6) is 1.26. The summed E-state index contributed by atoms with van der Waals surface area (Å²) in [4.78, 5) is 17.0. The zero-order chi connectivity index (χ0) is 18.1. The standard InChI is InChI=1S/C20H30N2O2.ClH/c1-19(2,3)14-10-13(11-15(18(14)24)20(4,5)6)16(23)12-22-17-8-7-9-21-17;/h10-11,24H,7-9,12H2,1-6H3,(H,21,22);1H. The number of amidine groups is 1. The van der Waals surface area contributed by atoms with Crippen LogP contribution >= 0.6 is 12.4 Å². The Hall–Kier alpha value is -1.55. The van der Waals surface area contributed by atoms with Crippen molar-refractivity contribution in [1.82, 2.24) is 5.32 Å². The molecule has 2 N–H and O–H groups in total. The van der Waals surface area contributed by atoms with Gasteiger partial charge in [0.1, 0.15) is 5.75 Å². The van der Waals surface area contributed by atoms with Gasteiger partial charge in [-0.1, -0.05) is 41.5 Å². The lowest BCUT2D eigenvalue weighted by atomic mass is 9.78. The summed E-state index contributed by atoms with van der Waals surface area (Å²) in [5.41, 5.74) is 1.81. The van der Waals surface area contributed by atoms with E-state index in [1.165, 1.54) is 0 Å². The van der Waals surface area contributed by atoms with Crippen molar-refractivity contribution in [1.29, 1.82) is 0 Å². The van der Waals surface area contributed by atoms with Crippen LogP contribution in [0.15, 0.2) is 17.1 Å². The fourth-order valence-electron chi connectivity index (χ4n) is 2.91. The predicted molar refractivity (Wildman–Crippen MR) is 107 cm³/mol. The summed E-state index contributed by atoms with van der Waals surface area (Å²) in [5, 5.41) is 13.9. The first-order valence-corrected chi connectivity index (χ1v) is 8.68. The van der Waals surface area contributed by atoms with E-state index in [4.69, 9.17) is 0 Å². The Morgan fingerprint density at radius 2 is 1.64 bits per heavy atom. The molecule has 1 aromatic carbocycles. The van der Waals surface area contributed by atoms with Crippen LogP contribution in [-0.2, 0) is 10.8 Å². The molecule has 4 nitrogen and oxygen atoms in total. The van der Waals surface area contributed by atoms with Gasteiger partial charge in [-0.05, 0) is 29.4 Å². The van der Waals surface area contributed by atoms with Gasteiger partial charge in [-0.2, -0.15) is 0 Å². The van der Waals surface area contributed by atoms with Crippen molar-refractivity contribution in [3.8, 4) is 5.75 Å². The van der Waals surface area contributed by atoms with Crippen LogP contribution in [0.5, 0.6) is 5.75 Å². The number of carbonyl (C=O) groups is 1. The summed E-state index contributed by atoms with van der Waals surface area (Å²) < 4.78 is 0. The molecule has 0 aromatic heterocycles.